The number of rotatable bonds is 3. The SMILES string of the molecule is O=C(O)c1cc(Br)cc(Br)c1NC(=O)C1CNCCO1. The number of carboxylic acids is 1. The van der Waals surface area contributed by atoms with E-state index in [1.165, 1.54) is 6.07 Å². The highest BCUT2D eigenvalue weighted by molar-refractivity contribution is 9.11. The highest BCUT2D eigenvalue weighted by Gasteiger charge is 2.24. The van der Waals surface area contributed by atoms with E-state index in [1.807, 2.05) is 0 Å². The fraction of sp³-hybridized carbons (Fsp3) is 0.333. The van der Waals surface area contributed by atoms with Crippen LogP contribution in [0.5, 0.6) is 0 Å². The molecule has 1 amide bonds. The summed E-state index contributed by atoms with van der Waals surface area (Å²) in [7, 11) is 0. The summed E-state index contributed by atoms with van der Waals surface area (Å²) >= 11 is 6.47. The van der Waals surface area contributed by atoms with E-state index < -0.39 is 12.1 Å². The lowest BCUT2D eigenvalue weighted by Crippen LogP contribution is -2.45. The standard InChI is InChI=1S/C12H12Br2N2O4/c13-6-3-7(12(18)19)10(8(14)4-6)16-11(17)9-5-15-1-2-20-9/h3-4,9,15H,1-2,5H2,(H,16,17)(H,18,19). The fourth-order valence-electron chi connectivity index (χ4n) is 1.81. The minimum Gasteiger partial charge on any atom is -0.478 e. The van der Waals surface area contributed by atoms with Crippen molar-refractivity contribution in [2.45, 2.75) is 6.10 Å². The molecule has 0 radical (unpaired) electrons. The summed E-state index contributed by atoms with van der Waals surface area (Å²) < 4.78 is 6.42. The van der Waals surface area contributed by atoms with Gasteiger partial charge in [0, 0.05) is 22.0 Å². The molecule has 1 aromatic rings. The molecule has 6 nitrogen and oxygen atoms in total. The van der Waals surface area contributed by atoms with Gasteiger partial charge in [-0.3, -0.25) is 4.79 Å². The quantitative estimate of drug-likeness (QED) is 0.711. The lowest BCUT2D eigenvalue weighted by atomic mass is 10.1. The first-order valence-electron chi connectivity index (χ1n) is 5.84. The minimum absolute atomic E-state index is 0.00312. The van der Waals surface area contributed by atoms with Crippen molar-refractivity contribution in [2.75, 3.05) is 25.0 Å². The van der Waals surface area contributed by atoms with Crippen molar-refractivity contribution >= 4 is 49.4 Å². The predicted molar refractivity (Wildman–Crippen MR) is 80.0 cm³/mol. The largest absolute Gasteiger partial charge is 0.478 e. The summed E-state index contributed by atoms with van der Waals surface area (Å²) in [6.45, 7) is 1.56. The first kappa shape index (κ1) is 15.4. The topological polar surface area (TPSA) is 87.7 Å². The normalized spacial score (nSPS) is 18.6. The summed E-state index contributed by atoms with van der Waals surface area (Å²) in [5.41, 5.74) is 0.225. The van der Waals surface area contributed by atoms with Gasteiger partial charge in [-0.25, -0.2) is 4.79 Å². The van der Waals surface area contributed by atoms with Crippen LogP contribution in [-0.4, -0.2) is 42.8 Å². The van der Waals surface area contributed by atoms with Crippen molar-refractivity contribution in [3.63, 3.8) is 0 Å². The molecule has 0 aromatic heterocycles. The average Bonchev–Trinajstić information content (AvgIpc) is 2.42. The van der Waals surface area contributed by atoms with Gasteiger partial charge in [-0.1, -0.05) is 15.9 Å². The number of carbonyl (C=O) groups is 2. The first-order chi connectivity index (χ1) is 9.49. The highest BCUT2D eigenvalue weighted by atomic mass is 79.9. The average molecular weight is 408 g/mol. The Labute approximate surface area is 132 Å². The number of hydrogen-bond donors (Lipinski definition) is 3. The van der Waals surface area contributed by atoms with E-state index in [1.54, 1.807) is 6.07 Å². The molecule has 1 unspecified atom stereocenters. The van der Waals surface area contributed by atoms with Crippen molar-refractivity contribution in [1.29, 1.82) is 0 Å². The summed E-state index contributed by atoms with van der Waals surface area (Å²) in [5.74, 6) is -1.49. The molecule has 1 aliphatic heterocycles. The van der Waals surface area contributed by atoms with Gasteiger partial charge < -0.3 is 20.5 Å². The second kappa shape index (κ2) is 6.66. The van der Waals surface area contributed by atoms with Crippen molar-refractivity contribution in [2.24, 2.45) is 0 Å². The molecule has 0 saturated carbocycles. The van der Waals surface area contributed by atoms with E-state index >= 15 is 0 Å². The number of aromatic carboxylic acids is 1. The van der Waals surface area contributed by atoms with Crippen molar-refractivity contribution in [3.8, 4) is 0 Å². The van der Waals surface area contributed by atoms with Crippen molar-refractivity contribution in [1.82, 2.24) is 5.32 Å². The van der Waals surface area contributed by atoms with E-state index in [0.717, 1.165) is 0 Å². The van der Waals surface area contributed by atoms with Crippen LogP contribution in [0.4, 0.5) is 5.69 Å². The second-order valence-corrected chi connectivity index (χ2v) is 5.94. The summed E-state index contributed by atoms with van der Waals surface area (Å²) in [4.78, 5) is 23.3. The van der Waals surface area contributed by atoms with E-state index in [2.05, 4.69) is 42.5 Å². The number of morpholine rings is 1. The third-order valence-electron chi connectivity index (χ3n) is 2.75. The molecule has 2 rings (SSSR count). The maximum atomic E-state index is 12.1. The van der Waals surface area contributed by atoms with Crippen LogP contribution in [0.3, 0.4) is 0 Å². The van der Waals surface area contributed by atoms with Crippen LogP contribution in [0.15, 0.2) is 21.1 Å². The Morgan fingerprint density at radius 3 is 2.75 bits per heavy atom. The molecule has 20 heavy (non-hydrogen) atoms. The second-order valence-electron chi connectivity index (χ2n) is 4.17. The third-order valence-corrected chi connectivity index (χ3v) is 3.84. The lowest BCUT2D eigenvalue weighted by molar-refractivity contribution is -0.128. The summed E-state index contributed by atoms with van der Waals surface area (Å²) in [6, 6.07) is 3.10. The monoisotopic (exact) mass is 406 g/mol. The van der Waals surface area contributed by atoms with Gasteiger partial charge in [0.15, 0.2) is 0 Å². The van der Waals surface area contributed by atoms with Crippen LogP contribution >= 0.6 is 31.9 Å². The van der Waals surface area contributed by atoms with Gasteiger partial charge in [-0.2, -0.15) is 0 Å². The molecule has 1 saturated heterocycles. The smallest absolute Gasteiger partial charge is 0.337 e. The maximum Gasteiger partial charge on any atom is 0.337 e. The Morgan fingerprint density at radius 1 is 1.40 bits per heavy atom. The van der Waals surface area contributed by atoms with Crippen molar-refractivity contribution < 1.29 is 19.4 Å². The number of anilines is 1. The zero-order valence-electron chi connectivity index (χ0n) is 10.3. The number of benzene rings is 1. The minimum atomic E-state index is -1.12. The Morgan fingerprint density at radius 2 is 2.15 bits per heavy atom. The molecule has 1 aromatic carbocycles. The van der Waals surface area contributed by atoms with E-state index in [4.69, 9.17) is 4.74 Å². The Kier molecular flexibility index (Phi) is 5.14. The third kappa shape index (κ3) is 3.57. The van der Waals surface area contributed by atoms with Crippen LogP contribution in [0.2, 0.25) is 0 Å². The van der Waals surface area contributed by atoms with Gasteiger partial charge in [0.2, 0.25) is 0 Å². The maximum absolute atomic E-state index is 12.1. The molecule has 1 aliphatic rings. The number of amides is 1. The van der Waals surface area contributed by atoms with Gasteiger partial charge in [-0.15, -0.1) is 0 Å². The number of carboxylic acid groups (broad SMARTS) is 1. The summed E-state index contributed by atoms with van der Waals surface area (Å²) in [6.07, 6.45) is -0.624. The molecule has 0 spiro atoms. The lowest BCUT2D eigenvalue weighted by Gasteiger charge is -2.23. The Balaban J connectivity index is 2.23. The zero-order valence-corrected chi connectivity index (χ0v) is 13.5. The number of nitrogens with one attached hydrogen (secondary N) is 2. The van der Waals surface area contributed by atoms with E-state index in [0.29, 0.717) is 28.6 Å². The molecule has 3 N–H and O–H groups in total. The van der Waals surface area contributed by atoms with E-state index in [9.17, 15) is 14.7 Å². The number of ether oxygens (including phenoxy) is 1. The number of hydrogen-bond acceptors (Lipinski definition) is 4. The molecular weight excluding hydrogens is 396 g/mol. The molecule has 1 heterocycles. The van der Waals surface area contributed by atoms with Gasteiger partial charge in [0.05, 0.1) is 17.9 Å². The highest BCUT2D eigenvalue weighted by Crippen LogP contribution is 2.31. The van der Waals surface area contributed by atoms with Crippen molar-refractivity contribution in [3.05, 3.63) is 26.6 Å². The Bertz CT molecular complexity index is 545. The number of carbonyl (C=O) groups excluding carboxylic acids is 1. The first-order valence-corrected chi connectivity index (χ1v) is 7.43. The Hall–Kier alpha value is -0.960. The van der Waals surface area contributed by atoms with Crippen LogP contribution in [0.1, 0.15) is 10.4 Å². The fourth-order valence-corrected chi connectivity index (χ4v) is 3.13. The van der Waals surface area contributed by atoms with Gasteiger partial charge in [-0.05, 0) is 28.1 Å². The van der Waals surface area contributed by atoms with Crippen LogP contribution in [-0.2, 0) is 9.53 Å². The van der Waals surface area contributed by atoms with Gasteiger partial charge in [0.25, 0.3) is 5.91 Å². The zero-order chi connectivity index (χ0) is 14.7. The van der Waals surface area contributed by atoms with Gasteiger partial charge >= 0.3 is 5.97 Å². The molecule has 0 bridgehead atoms. The van der Waals surface area contributed by atoms with E-state index in [-0.39, 0.29) is 17.2 Å². The molecule has 1 atom stereocenters. The number of halogens is 2. The molecule has 0 aliphatic carbocycles. The van der Waals surface area contributed by atoms with Crippen LogP contribution in [0, 0.1) is 0 Å². The molecule has 1 fully saturated rings. The van der Waals surface area contributed by atoms with Gasteiger partial charge in [0.1, 0.15) is 6.10 Å². The summed E-state index contributed by atoms with van der Waals surface area (Å²) in [5, 5.41) is 14.8. The van der Waals surface area contributed by atoms with Crippen LogP contribution < -0.4 is 10.6 Å². The molecule has 8 heteroatoms. The molecular formula is C12H12Br2N2O4. The predicted octanol–water partition coefficient (Wildman–Crippen LogP) is 1.84. The van der Waals surface area contributed by atoms with Crippen LogP contribution in [0.25, 0.3) is 0 Å². The molecule has 108 valence electrons.